The van der Waals surface area contributed by atoms with E-state index >= 15 is 0 Å². The smallest absolute Gasteiger partial charge is 1.00 e. The normalized spacial score (nSPS) is 9.83. The van der Waals surface area contributed by atoms with E-state index < -0.39 is 0 Å². The zero-order valence-corrected chi connectivity index (χ0v) is 6.94. The van der Waals surface area contributed by atoms with Crippen molar-refractivity contribution in [3.8, 4) is 0 Å². The summed E-state index contributed by atoms with van der Waals surface area (Å²) < 4.78 is -0.00231. The van der Waals surface area contributed by atoms with E-state index in [9.17, 15) is 0 Å². The Morgan fingerprint density at radius 2 is 2.17 bits per heavy atom. The molecule has 32 valence electrons. The largest absolute Gasteiger partial charge is 1.00 e. The Morgan fingerprint density at radius 3 is 2.17 bits per heavy atom. The first-order valence-electron chi connectivity index (χ1n) is 0.901. The molecule has 0 aliphatic carbocycles. The molecule has 0 radical (unpaired) electrons. The molecular weight excluding hydrogens is 159 g/mol. The fourth-order valence-corrected chi connectivity index (χ4v) is 0. The van der Waals surface area contributed by atoms with E-state index in [0.717, 1.165) is 0 Å². The van der Waals surface area contributed by atoms with Crippen molar-refractivity contribution in [1.82, 2.24) is 0 Å². The van der Waals surface area contributed by atoms with Crippen LogP contribution in [0.2, 0.25) is 0 Å². The van der Waals surface area contributed by atoms with Gasteiger partial charge in [0.25, 0.3) is 0 Å². The number of nitrogens with two attached hydrogens (primary N) is 1. The molecule has 0 saturated heterocycles. The molecule has 0 saturated carbocycles. The van der Waals surface area contributed by atoms with Gasteiger partial charge in [-0.3, -0.25) is 0 Å². The summed E-state index contributed by atoms with van der Waals surface area (Å²) in [6.45, 7) is 0. The maximum Gasteiger partial charge on any atom is 1.00 e. The average molecular weight is 163 g/mol. The monoisotopic (exact) mass is 162 g/mol. The van der Waals surface area contributed by atoms with E-state index in [1.54, 1.807) is 0 Å². The minimum atomic E-state index is -0.00231. The summed E-state index contributed by atoms with van der Waals surface area (Å²) in [5.74, 6) is 0. The molecule has 0 rings (SSSR count). The summed E-state index contributed by atoms with van der Waals surface area (Å²) in [7, 11) is 0. The van der Waals surface area contributed by atoms with Gasteiger partial charge in [0.1, 0.15) is 0 Å². The topological polar surface area (TPSA) is 58.6 Å². The Kier molecular flexibility index (Phi) is 9.48. The van der Waals surface area contributed by atoms with Crippen LogP contribution < -0.4 is 35.3 Å². The van der Waals surface area contributed by atoms with Gasteiger partial charge in [-0.2, -0.15) is 0 Å². The molecule has 0 aromatic heterocycles. The standard InChI is InChI=1S/CH3BrN2O.Na.H/c2-1(3)4-5;;/h5H,(H2,3,4);;/q;+1;-1. The molecule has 0 unspecified atom stereocenters. The summed E-state index contributed by atoms with van der Waals surface area (Å²) in [6, 6.07) is 0. The maximum absolute atomic E-state index is 7.56. The van der Waals surface area contributed by atoms with Crippen LogP contribution in [0, 0.1) is 0 Å². The first kappa shape index (κ1) is 9.89. The van der Waals surface area contributed by atoms with Gasteiger partial charge in [-0.05, 0) is 15.9 Å². The van der Waals surface area contributed by atoms with Gasteiger partial charge >= 0.3 is 29.6 Å². The molecule has 0 atom stereocenters. The molecule has 3 nitrogen and oxygen atoms in total. The second kappa shape index (κ2) is 5.75. The first-order valence-corrected chi connectivity index (χ1v) is 1.69. The van der Waals surface area contributed by atoms with E-state index in [0.29, 0.717) is 0 Å². The number of oxime groups is 1. The van der Waals surface area contributed by atoms with Gasteiger partial charge in [-0.25, -0.2) is 0 Å². The van der Waals surface area contributed by atoms with Crippen molar-refractivity contribution in [2.75, 3.05) is 0 Å². The Balaban J connectivity index is -0.0000000800. The van der Waals surface area contributed by atoms with Gasteiger partial charge in [0.05, 0.1) is 0 Å². The number of rotatable bonds is 0. The van der Waals surface area contributed by atoms with Crippen LogP contribution in [0.15, 0.2) is 5.16 Å². The summed E-state index contributed by atoms with van der Waals surface area (Å²) in [6.07, 6.45) is 0. The predicted molar refractivity (Wildman–Crippen MR) is 23.4 cm³/mol. The number of hydrogen-bond acceptors (Lipinski definition) is 2. The maximum atomic E-state index is 7.56. The molecule has 5 heteroatoms. The van der Waals surface area contributed by atoms with Crippen molar-refractivity contribution in [2.24, 2.45) is 10.9 Å². The molecule has 0 spiro atoms. The number of hydrogen-bond donors (Lipinski definition) is 2. The summed E-state index contributed by atoms with van der Waals surface area (Å²) in [5, 5.41) is 10.1. The summed E-state index contributed by atoms with van der Waals surface area (Å²) in [4.78, 5) is 0. The second-order valence-electron chi connectivity index (χ2n) is 0.423. The van der Waals surface area contributed by atoms with Crippen molar-refractivity contribution in [2.45, 2.75) is 0 Å². The van der Waals surface area contributed by atoms with E-state index in [4.69, 9.17) is 10.9 Å². The Morgan fingerprint density at radius 1 is 2.00 bits per heavy atom. The van der Waals surface area contributed by atoms with E-state index in [2.05, 4.69) is 21.1 Å². The molecule has 0 aromatic carbocycles. The Labute approximate surface area is 67.5 Å². The van der Waals surface area contributed by atoms with Crippen LogP contribution in [0.3, 0.4) is 0 Å². The molecule has 0 amide bonds. The van der Waals surface area contributed by atoms with Gasteiger partial charge in [0, 0.05) is 0 Å². The van der Waals surface area contributed by atoms with Crippen molar-refractivity contribution in [3.05, 3.63) is 0 Å². The molecule has 0 aliphatic rings. The zero-order chi connectivity index (χ0) is 4.28. The molecule has 0 heterocycles. The first-order chi connectivity index (χ1) is 2.27. The van der Waals surface area contributed by atoms with E-state index in [1.807, 2.05) is 0 Å². The second-order valence-corrected chi connectivity index (χ2v) is 1.24. The number of nitrogens with zero attached hydrogens (tertiary/aromatic N) is 1. The van der Waals surface area contributed by atoms with E-state index in [1.165, 1.54) is 0 Å². The zero-order valence-electron chi connectivity index (χ0n) is 4.35. The van der Waals surface area contributed by atoms with Gasteiger partial charge in [0.15, 0.2) is 0 Å². The van der Waals surface area contributed by atoms with Crippen LogP contribution in [0.5, 0.6) is 0 Å². The summed E-state index contributed by atoms with van der Waals surface area (Å²) >= 11 is 2.65. The molecule has 0 aromatic rings. The van der Waals surface area contributed by atoms with Crippen molar-refractivity contribution < 1.29 is 36.2 Å². The molecule has 0 bridgehead atoms. The minimum absolute atomic E-state index is 0. The fraction of sp³-hybridized carbons (Fsp3) is 0. The molecule has 6 heavy (non-hydrogen) atoms. The Bertz CT molecular complexity index is 55.7. The van der Waals surface area contributed by atoms with Crippen LogP contribution in [0.4, 0.5) is 0 Å². The molecule has 0 fully saturated rings. The molecule has 3 N–H and O–H groups in total. The third kappa shape index (κ3) is 8.83. The van der Waals surface area contributed by atoms with Crippen LogP contribution in [0.25, 0.3) is 0 Å². The molecular formula is CH4BrN2NaO. The number of halogens is 1. The SMILES string of the molecule is NC(Br)=NO.[H-].[Na+]. The van der Waals surface area contributed by atoms with Crippen LogP contribution >= 0.6 is 15.9 Å². The summed E-state index contributed by atoms with van der Waals surface area (Å²) in [5.41, 5.74) is 4.71. The van der Waals surface area contributed by atoms with Crippen molar-refractivity contribution in [3.63, 3.8) is 0 Å². The third-order valence-electron chi connectivity index (χ3n) is 0.0955. The third-order valence-corrected chi connectivity index (χ3v) is 0.254. The van der Waals surface area contributed by atoms with Gasteiger partial charge < -0.3 is 12.4 Å². The Hall–Kier alpha value is 0.750. The van der Waals surface area contributed by atoms with Crippen LogP contribution in [0.1, 0.15) is 1.43 Å². The van der Waals surface area contributed by atoms with Gasteiger partial charge in [-0.15, -0.1) is 0 Å². The van der Waals surface area contributed by atoms with Gasteiger partial charge in [-0.1, -0.05) is 5.16 Å². The van der Waals surface area contributed by atoms with Crippen molar-refractivity contribution >= 4 is 20.7 Å². The quantitative estimate of drug-likeness (QED) is 0.101. The number of amidine groups is 1. The van der Waals surface area contributed by atoms with Crippen LogP contribution in [-0.2, 0) is 0 Å². The molecule has 0 aliphatic heterocycles. The van der Waals surface area contributed by atoms with Crippen molar-refractivity contribution in [1.29, 1.82) is 0 Å². The van der Waals surface area contributed by atoms with E-state index in [-0.39, 0.29) is 35.7 Å². The average Bonchev–Trinajstić information content (AvgIpc) is 1.38. The predicted octanol–water partition coefficient (Wildman–Crippen LogP) is -2.80. The van der Waals surface area contributed by atoms with Gasteiger partial charge in [0.2, 0.25) is 4.74 Å². The minimum Gasteiger partial charge on any atom is -1.00 e. The fourth-order valence-electron chi connectivity index (χ4n) is 0. The van der Waals surface area contributed by atoms with Crippen LogP contribution in [-0.4, -0.2) is 9.95 Å².